The molecule has 0 aromatic heterocycles. The van der Waals surface area contributed by atoms with Crippen LogP contribution in [0.25, 0.3) is 0 Å². The Morgan fingerprint density at radius 3 is 2.47 bits per heavy atom. The standard InChI is InChI=1S/C26H38FN3O4/c1-26(2,3)30-24(33)16-22(29-23(32)14-11-18-7-5-4-6-8-18)25(34)28-21(17-31)15-19-9-12-20(27)13-10-19/h4-7,9-10,12,18,20-22,31H,8,11,13-17H2,1-3H3,(H,28,34)(H,29,32)(H,30,33)/t18?,20?,21?,22-/m0/s1. The van der Waals surface area contributed by atoms with Gasteiger partial charge >= 0.3 is 0 Å². The lowest BCUT2D eigenvalue weighted by molar-refractivity contribution is -0.132. The number of carbonyl (C=O) groups excluding carboxylic acids is 3. The molecule has 34 heavy (non-hydrogen) atoms. The Morgan fingerprint density at radius 1 is 1.12 bits per heavy atom. The van der Waals surface area contributed by atoms with Crippen molar-refractivity contribution in [1.29, 1.82) is 0 Å². The zero-order valence-corrected chi connectivity index (χ0v) is 20.4. The van der Waals surface area contributed by atoms with E-state index in [4.69, 9.17) is 0 Å². The highest BCUT2D eigenvalue weighted by Gasteiger charge is 2.27. The molecule has 2 rings (SSSR count). The molecule has 8 heteroatoms. The fourth-order valence-corrected chi connectivity index (χ4v) is 3.83. The molecule has 3 unspecified atom stereocenters. The molecule has 0 fully saturated rings. The van der Waals surface area contributed by atoms with Crippen molar-refractivity contribution in [2.45, 2.75) is 83.1 Å². The molecule has 4 N–H and O–H groups in total. The lowest BCUT2D eigenvalue weighted by Crippen LogP contribution is -2.53. The van der Waals surface area contributed by atoms with E-state index in [2.05, 4.69) is 28.1 Å². The van der Waals surface area contributed by atoms with Crippen LogP contribution in [0.3, 0.4) is 0 Å². The minimum Gasteiger partial charge on any atom is -0.394 e. The first-order chi connectivity index (χ1) is 16.1. The van der Waals surface area contributed by atoms with Crippen LogP contribution in [0, 0.1) is 5.92 Å². The number of halogens is 1. The number of hydrogen-bond acceptors (Lipinski definition) is 4. The first-order valence-corrected chi connectivity index (χ1v) is 11.9. The summed E-state index contributed by atoms with van der Waals surface area (Å²) in [5.41, 5.74) is 0.332. The van der Waals surface area contributed by atoms with Gasteiger partial charge in [-0.3, -0.25) is 14.4 Å². The normalized spacial score (nSPS) is 21.4. The molecule has 0 saturated carbocycles. The average Bonchev–Trinajstić information content (AvgIpc) is 2.77. The number of carbonyl (C=O) groups is 3. The molecule has 0 aromatic rings. The average molecular weight is 476 g/mol. The second-order valence-electron chi connectivity index (χ2n) is 9.95. The number of allylic oxidation sites excluding steroid dienone is 7. The van der Waals surface area contributed by atoms with E-state index in [0.717, 1.165) is 12.0 Å². The molecule has 2 aliphatic rings. The summed E-state index contributed by atoms with van der Waals surface area (Å²) >= 11 is 0. The van der Waals surface area contributed by atoms with Crippen LogP contribution in [-0.4, -0.2) is 53.2 Å². The van der Waals surface area contributed by atoms with Crippen molar-refractivity contribution in [2.24, 2.45) is 5.92 Å². The third-order valence-corrected chi connectivity index (χ3v) is 5.54. The maximum Gasteiger partial charge on any atom is 0.243 e. The molecule has 0 aromatic carbocycles. The van der Waals surface area contributed by atoms with E-state index >= 15 is 0 Å². The van der Waals surface area contributed by atoms with Gasteiger partial charge in [0.2, 0.25) is 17.7 Å². The van der Waals surface area contributed by atoms with E-state index < -0.39 is 29.7 Å². The number of nitrogens with one attached hydrogen (secondary N) is 3. The summed E-state index contributed by atoms with van der Waals surface area (Å²) in [6.07, 6.45) is 14.0. The second kappa shape index (κ2) is 13.2. The molecule has 7 nitrogen and oxygen atoms in total. The molecular weight excluding hydrogens is 437 g/mol. The van der Waals surface area contributed by atoms with Crippen molar-refractivity contribution in [1.82, 2.24) is 16.0 Å². The Labute approximate surface area is 201 Å². The summed E-state index contributed by atoms with van der Waals surface area (Å²) in [7, 11) is 0. The van der Waals surface area contributed by atoms with E-state index in [1.54, 1.807) is 12.2 Å². The van der Waals surface area contributed by atoms with Crippen molar-refractivity contribution in [3.8, 4) is 0 Å². The van der Waals surface area contributed by atoms with E-state index in [1.165, 1.54) is 6.08 Å². The topological polar surface area (TPSA) is 108 Å². The number of hydrogen-bond donors (Lipinski definition) is 4. The Bertz CT molecular complexity index is 841. The number of alkyl halides is 1. The maximum absolute atomic E-state index is 13.3. The number of aliphatic hydroxyl groups is 1. The number of rotatable bonds is 11. The van der Waals surface area contributed by atoms with Crippen LogP contribution in [0.2, 0.25) is 0 Å². The molecule has 0 spiro atoms. The zero-order chi connectivity index (χ0) is 25.1. The smallest absolute Gasteiger partial charge is 0.243 e. The predicted molar refractivity (Wildman–Crippen MR) is 130 cm³/mol. The number of amides is 3. The summed E-state index contributed by atoms with van der Waals surface area (Å²) in [6.45, 7) is 5.17. The fraction of sp³-hybridized carbons (Fsp3) is 0.577. The van der Waals surface area contributed by atoms with Crippen LogP contribution >= 0.6 is 0 Å². The van der Waals surface area contributed by atoms with Crippen LogP contribution < -0.4 is 16.0 Å². The Balaban J connectivity index is 1.99. The lowest BCUT2D eigenvalue weighted by atomic mass is 9.95. The Kier molecular flexibility index (Phi) is 10.7. The van der Waals surface area contributed by atoms with Crippen LogP contribution in [0.15, 0.2) is 48.1 Å². The predicted octanol–water partition coefficient (Wildman–Crippen LogP) is 2.78. The summed E-state index contributed by atoms with van der Waals surface area (Å²) in [6, 6.07) is -1.69. The molecule has 2 aliphatic carbocycles. The van der Waals surface area contributed by atoms with Gasteiger partial charge in [-0.2, -0.15) is 0 Å². The molecule has 0 saturated heterocycles. The van der Waals surface area contributed by atoms with Crippen molar-refractivity contribution >= 4 is 17.7 Å². The SMILES string of the molecule is CC(C)(C)NC(=O)C[C@H](NC(=O)CCC1C=CC=CC1)C(=O)NC(CO)CC1=CCC(F)C=C1. The van der Waals surface area contributed by atoms with E-state index in [9.17, 15) is 23.9 Å². The van der Waals surface area contributed by atoms with Crippen LogP contribution in [0.1, 0.15) is 59.3 Å². The van der Waals surface area contributed by atoms with Gasteiger partial charge in [-0.05, 0) is 51.5 Å². The molecule has 188 valence electrons. The lowest BCUT2D eigenvalue weighted by Gasteiger charge is -2.25. The summed E-state index contributed by atoms with van der Waals surface area (Å²) < 4.78 is 13.3. The number of aliphatic hydroxyl groups excluding tert-OH is 1. The molecule has 0 bridgehead atoms. The van der Waals surface area contributed by atoms with E-state index in [0.29, 0.717) is 12.8 Å². The molecule has 4 atom stereocenters. The van der Waals surface area contributed by atoms with Crippen molar-refractivity contribution in [2.75, 3.05) is 6.61 Å². The maximum atomic E-state index is 13.3. The van der Waals surface area contributed by atoms with Gasteiger partial charge in [-0.1, -0.05) is 42.5 Å². The molecular formula is C26H38FN3O4. The van der Waals surface area contributed by atoms with Gasteiger partial charge in [0.15, 0.2) is 0 Å². The third-order valence-electron chi connectivity index (χ3n) is 5.54. The molecule has 0 heterocycles. The zero-order valence-electron chi connectivity index (χ0n) is 20.4. The van der Waals surface area contributed by atoms with Crippen molar-refractivity contribution < 1.29 is 23.9 Å². The van der Waals surface area contributed by atoms with Crippen molar-refractivity contribution in [3.63, 3.8) is 0 Å². The van der Waals surface area contributed by atoms with Gasteiger partial charge in [-0.15, -0.1) is 0 Å². The minimum atomic E-state index is -1.07. The summed E-state index contributed by atoms with van der Waals surface area (Å²) in [5, 5.41) is 18.0. The Hall–Kier alpha value is -2.74. The molecule has 0 aliphatic heterocycles. The van der Waals surface area contributed by atoms with Gasteiger partial charge in [0.25, 0.3) is 0 Å². The quantitative estimate of drug-likeness (QED) is 0.369. The highest BCUT2D eigenvalue weighted by molar-refractivity contribution is 5.92. The molecule has 0 radical (unpaired) electrons. The summed E-state index contributed by atoms with van der Waals surface area (Å²) in [5.74, 6) is -0.938. The van der Waals surface area contributed by atoms with E-state index in [1.807, 2.05) is 32.9 Å². The van der Waals surface area contributed by atoms with Gasteiger partial charge in [0.05, 0.1) is 19.1 Å². The second-order valence-corrected chi connectivity index (χ2v) is 9.95. The first-order valence-electron chi connectivity index (χ1n) is 11.9. The largest absolute Gasteiger partial charge is 0.394 e. The monoisotopic (exact) mass is 475 g/mol. The van der Waals surface area contributed by atoms with E-state index in [-0.39, 0.29) is 43.6 Å². The summed E-state index contributed by atoms with van der Waals surface area (Å²) in [4.78, 5) is 38.1. The third kappa shape index (κ3) is 10.5. The van der Waals surface area contributed by atoms with Crippen molar-refractivity contribution in [3.05, 3.63) is 48.1 Å². The van der Waals surface area contributed by atoms with Gasteiger partial charge in [0.1, 0.15) is 12.2 Å². The highest BCUT2D eigenvalue weighted by atomic mass is 19.1. The van der Waals surface area contributed by atoms with Crippen LogP contribution in [0.4, 0.5) is 4.39 Å². The Morgan fingerprint density at radius 2 is 1.88 bits per heavy atom. The van der Waals surface area contributed by atoms with Gasteiger partial charge in [-0.25, -0.2) is 4.39 Å². The van der Waals surface area contributed by atoms with Gasteiger partial charge < -0.3 is 21.1 Å². The molecule has 3 amide bonds. The highest BCUT2D eigenvalue weighted by Crippen LogP contribution is 2.18. The minimum absolute atomic E-state index is 0.217. The van der Waals surface area contributed by atoms with Crippen LogP contribution in [-0.2, 0) is 14.4 Å². The van der Waals surface area contributed by atoms with Gasteiger partial charge in [0, 0.05) is 18.4 Å². The first kappa shape index (κ1) is 27.5. The fourth-order valence-electron chi connectivity index (χ4n) is 3.83. The van der Waals surface area contributed by atoms with Crippen LogP contribution in [0.5, 0.6) is 0 Å².